The summed E-state index contributed by atoms with van der Waals surface area (Å²) in [6.07, 6.45) is 0. The SMILES string of the molecule is [2H]c1c([2H])c([2H])c(N2c3cccc4c3B(c3ccccc3N4c3ccccc3)c3c2oc2ccccc32)c([2H])c1[2H]. The van der Waals surface area contributed by atoms with Crippen LogP contribution in [0.15, 0.2) is 132 Å². The molecule has 8 rings (SSSR count). The zero-order chi connectivity index (χ0) is 28.0. The quantitative estimate of drug-likeness (QED) is 0.271. The number of benzene rings is 5. The lowest BCUT2D eigenvalue weighted by Gasteiger charge is -2.42. The molecular formula is C32H21BN2O. The molecule has 0 amide bonds. The molecule has 6 aromatic rings. The minimum atomic E-state index is -0.428. The molecule has 0 saturated carbocycles. The number of hydrogen-bond acceptors (Lipinski definition) is 3. The van der Waals surface area contributed by atoms with Gasteiger partial charge in [0, 0.05) is 39.3 Å². The summed E-state index contributed by atoms with van der Waals surface area (Å²) < 4.78 is 49.3. The Hall–Kier alpha value is -4.70. The first-order valence-corrected chi connectivity index (χ1v) is 11.9. The van der Waals surface area contributed by atoms with Gasteiger partial charge >= 0.3 is 0 Å². The lowest BCUT2D eigenvalue weighted by atomic mass is 9.33. The first kappa shape index (κ1) is 15.3. The highest BCUT2D eigenvalue weighted by atomic mass is 16.4. The molecule has 0 radical (unpaired) electrons. The molecule has 2 aliphatic heterocycles. The number of para-hydroxylation sites is 4. The van der Waals surface area contributed by atoms with Crippen molar-refractivity contribution in [3.05, 3.63) is 127 Å². The van der Waals surface area contributed by atoms with Gasteiger partial charge in [-0.2, -0.15) is 0 Å². The Labute approximate surface area is 216 Å². The van der Waals surface area contributed by atoms with Crippen LogP contribution in [0.3, 0.4) is 0 Å². The van der Waals surface area contributed by atoms with E-state index in [4.69, 9.17) is 11.3 Å². The Balaban J connectivity index is 1.53. The molecular weight excluding hydrogens is 439 g/mol. The smallest absolute Gasteiger partial charge is 0.257 e. The van der Waals surface area contributed by atoms with E-state index in [1.807, 2.05) is 66.7 Å². The van der Waals surface area contributed by atoms with E-state index in [1.54, 1.807) is 4.90 Å². The molecule has 0 fully saturated rings. The van der Waals surface area contributed by atoms with Crippen LogP contribution in [-0.2, 0) is 0 Å². The van der Waals surface area contributed by atoms with Crippen LogP contribution in [0.2, 0.25) is 0 Å². The fraction of sp³-hybridized carbons (Fsp3) is 0. The number of hydrogen-bond donors (Lipinski definition) is 0. The maximum absolute atomic E-state index is 8.88. The van der Waals surface area contributed by atoms with Crippen molar-refractivity contribution in [3.63, 3.8) is 0 Å². The van der Waals surface area contributed by atoms with Gasteiger partial charge in [-0.1, -0.05) is 78.8 Å². The fourth-order valence-corrected chi connectivity index (χ4v) is 5.79. The molecule has 168 valence electrons. The zero-order valence-corrected chi connectivity index (χ0v) is 19.1. The van der Waals surface area contributed by atoms with Gasteiger partial charge in [0.15, 0.2) is 0 Å². The van der Waals surface area contributed by atoms with Crippen molar-refractivity contribution in [2.24, 2.45) is 0 Å². The van der Waals surface area contributed by atoms with Crippen molar-refractivity contribution in [1.82, 2.24) is 0 Å². The lowest BCUT2D eigenvalue weighted by molar-refractivity contribution is 0.623. The molecule has 3 nitrogen and oxygen atoms in total. The van der Waals surface area contributed by atoms with Crippen molar-refractivity contribution in [1.29, 1.82) is 0 Å². The van der Waals surface area contributed by atoms with Crippen molar-refractivity contribution in [2.45, 2.75) is 0 Å². The predicted octanol–water partition coefficient (Wildman–Crippen LogP) is 6.52. The molecule has 3 heterocycles. The summed E-state index contributed by atoms with van der Waals surface area (Å²) in [5.41, 5.74) is 7.47. The normalized spacial score (nSPS) is 15.3. The van der Waals surface area contributed by atoms with E-state index in [-0.39, 0.29) is 36.6 Å². The Morgan fingerprint density at radius 1 is 0.583 bits per heavy atom. The van der Waals surface area contributed by atoms with Crippen LogP contribution in [0.5, 0.6) is 0 Å². The Morgan fingerprint density at radius 2 is 1.28 bits per heavy atom. The van der Waals surface area contributed by atoms with E-state index in [0.717, 1.165) is 38.8 Å². The maximum atomic E-state index is 8.88. The zero-order valence-electron chi connectivity index (χ0n) is 24.1. The van der Waals surface area contributed by atoms with Crippen molar-refractivity contribution < 1.29 is 11.3 Å². The highest BCUT2D eigenvalue weighted by Gasteiger charge is 2.45. The van der Waals surface area contributed by atoms with E-state index in [2.05, 4.69) is 35.2 Å². The molecule has 1 aromatic heterocycles. The van der Waals surface area contributed by atoms with Crippen molar-refractivity contribution in [3.8, 4) is 0 Å². The van der Waals surface area contributed by atoms with Gasteiger partial charge in [-0.05, 0) is 59.4 Å². The van der Waals surface area contributed by atoms with Gasteiger partial charge in [0.1, 0.15) is 5.58 Å². The molecule has 2 aliphatic rings. The second-order valence-corrected chi connectivity index (χ2v) is 9.00. The molecule has 0 atom stereocenters. The van der Waals surface area contributed by atoms with Gasteiger partial charge in [-0.25, -0.2) is 0 Å². The molecule has 5 aromatic carbocycles. The molecule has 36 heavy (non-hydrogen) atoms. The molecule has 4 heteroatoms. The highest BCUT2D eigenvalue weighted by molar-refractivity contribution is 7.01. The first-order chi connectivity index (χ1) is 20.0. The second-order valence-electron chi connectivity index (χ2n) is 9.00. The van der Waals surface area contributed by atoms with Crippen LogP contribution in [0.1, 0.15) is 6.85 Å². The third-order valence-corrected chi connectivity index (χ3v) is 7.15. The van der Waals surface area contributed by atoms with Crippen molar-refractivity contribution >= 4 is 68.4 Å². The van der Waals surface area contributed by atoms with E-state index >= 15 is 0 Å². The second kappa shape index (κ2) is 7.40. The van der Waals surface area contributed by atoms with Gasteiger partial charge in [0.25, 0.3) is 6.71 Å². The maximum Gasteiger partial charge on any atom is 0.257 e. The van der Waals surface area contributed by atoms with Gasteiger partial charge in [0.05, 0.1) is 6.85 Å². The monoisotopic (exact) mass is 465 g/mol. The first-order valence-electron chi connectivity index (χ1n) is 14.4. The molecule has 0 spiro atoms. The summed E-state index contributed by atoms with van der Waals surface area (Å²) >= 11 is 0. The summed E-state index contributed by atoms with van der Waals surface area (Å²) in [6, 6.07) is 30.5. The Kier molecular flexibility index (Phi) is 3.15. The number of fused-ring (bicyclic) bond motifs is 6. The average molecular weight is 465 g/mol. The summed E-state index contributed by atoms with van der Waals surface area (Å²) in [4.78, 5) is 3.96. The van der Waals surface area contributed by atoms with Gasteiger partial charge < -0.3 is 9.32 Å². The summed E-state index contributed by atoms with van der Waals surface area (Å²) in [5.74, 6) is 0.461. The molecule has 0 N–H and O–H groups in total. The standard InChI is InChI=1S/C32H21BN2O/c1-3-12-22(13-4-1)34-26-18-9-8-17-25(26)33-30-24-16-7-10-21-29(24)36-32(30)35(23-14-5-2-6-15-23)28-20-11-19-27(34)31(28)33/h1-21H/i2D,5D,6D,14D,15D. The predicted molar refractivity (Wildman–Crippen MR) is 150 cm³/mol. The average Bonchev–Trinajstić information content (AvgIpc) is 3.40. The molecule has 0 aliphatic carbocycles. The van der Waals surface area contributed by atoms with E-state index in [9.17, 15) is 0 Å². The van der Waals surface area contributed by atoms with Crippen LogP contribution in [-0.4, -0.2) is 6.71 Å². The van der Waals surface area contributed by atoms with Crippen LogP contribution < -0.4 is 26.2 Å². The van der Waals surface area contributed by atoms with Gasteiger partial charge in [0.2, 0.25) is 5.88 Å². The summed E-state index contributed by atoms with van der Waals surface area (Å²) in [6.45, 7) is -0.197. The molecule has 0 bridgehead atoms. The third-order valence-electron chi connectivity index (χ3n) is 7.15. The largest absolute Gasteiger partial charge is 0.440 e. The van der Waals surface area contributed by atoms with Crippen LogP contribution in [0.4, 0.5) is 34.3 Å². The van der Waals surface area contributed by atoms with Crippen LogP contribution >= 0.6 is 0 Å². The van der Waals surface area contributed by atoms with Gasteiger partial charge in [-0.15, -0.1) is 0 Å². The van der Waals surface area contributed by atoms with Crippen LogP contribution in [0.25, 0.3) is 11.0 Å². The van der Waals surface area contributed by atoms with E-state index in [1.165, 1.54) is 0 Å². The highest BCUT2D eigenvalue weighted by Crippen LogP contribution is 2.45. The number of furan rings is 1. The fourth-order valence-electron chi connectivity index (χ4n) is 5.79. The van der Waals surface area contributed by atoms with Crippen molar-refractivity contribution in [2.75, 3.05) is 9.80 Å². The lowest BCUT2D eigenvalue weighted by Crippen LogP contribution is -2.61. The van der Waals surface area contributed by atoms with E-state index < -0.39 is 6.04 Å². The molecule has 0 unspecified atom stereocenters. The third kappa shape index (κ3) is 2.58. The number of rotatable bonds is 2. The number of nitrogens with zero attached hydrogens (tertiary/aromatic N) is 2. The summed E-state index contributed by atoms with van der Waals surface area (Å²) in [5, 5.41) is 0.924. The Morgan fingerprint density at radius 3 is 2.14 bits per heavy atom. The number of anilines is 6. The molecule has 0 saturated heterocycles. The van der Waals surface area contributed by atoms with Gasteiger partial charge in [-0.3, -0.25) is 4.90 Å². The van der Waals surface area contributed by atoms with E-state index in [0.29, 0.717) is 17.2 Å². The topological polar surface area (TPSA) is 19.6 Å². The van der Waals surface area contributed by atoms with Crippen LogP contribution in [0, 0.1) is 0 Å². The minimum Gasteiger partial charge on any atom is -0.440 e. The summed E-state index contributed by atoms with van der Waals surface area (Å²) in [7, 11) is 0. The Bertz CT molecular complexity index is 2020. The minimum absolute atomic E-state index is 0.0632.